The van der Waals surface area contributed by atoms with Crippen molar-refractivity contribution in [3.05, 3.63) is 71.2 Å². The van der Waals surface area contributed by atoms with Crippen LogP contribution in [-0.2, 0) is 13.0 Å². The van der Waals surface area contributed by atoms with E-state index in [4.69, 9.17) is 11.5 Å². The van der Waals surface area contributed by atoms with Crippen molar-refractivity contribution in [1.82, 2.24) is 19.9 Å². The first-order valence-electron chi connectivity index (χ1n) is 12.2. The number of carbonyl (C=O) groups is 2. The highest BCUT2D eigenvalue weighted by atomic mass is 16.2. The molecule has 36 heavy (non-hydrogen) atoms. The lowest BCUT2D eigenvalue weighted by molar-refractivity contribution is 0.0734. The Hall–Kier alpha value is -4.05. The predicted molar refractivity (Wildman–Crippen MR) is 137 cm³/mol. The second-order valence-electron chi connectivity index (χ2n) is 9.34. The number of benzene rings is 1. The van der Waals surface area contributed by atoms with Crippen LogP contribution in [0.1, 0.15) is 57.5 Å². The van der Waals surface area contributed by atoms with Crippen molar-refractivity contribution < 1.29 is 9.59 Å². The van der Waals surface area contributed by atoms with Gasteiger partial charge in [-0.25, -0.2) is 4.98 Å². The smallest absolute Gasteiger partial charge is 0.254 e. The summed E-state index contributed by atoms with van der Waals surface area (Å²) in [6.45, 7) is 1.14. The second-order valence-corrected chi connectivity index (χ2v) is 9.34. The van der Waals surface area contributed by atoms with E-state index in [0.717, 1.165) is 43.4 Å². The lowest BCUT2D eigenvalue weighted by Gasteiger charge is -2.29. The fourth-order valence-electron chi connectivity index (χ4n) is 4.85. The van der Waals surface area contributed by atoms with E-state index in [1.165, 1.54) is 11.8 Å². The van der Waals surface area contributed by atoms with Gasteiger partial charge >= 0.3 is 0 Å². The maximum Gasteiger partial charge on any atom is 0.254 e. The Morgan fingerprint density at radius 2 is 1.86 bits per heavy atom. The third kappa shape index (κ3) is 5.13. The van der Waals surface area contributed by atoms with E-state index in [9.17, 15) is 9.59 Å². The summed E-state index contributed by atoms with van der Waals surface area (Å²) in [5, 5.41) is 6.55. The van der Waals surface area contributed by atoms with Gasteiger partial charge in [0.2, 0.25) is 5.95 Å². The van der Waals surface area contributed by atoms with Crippen LogP contribution < -0.4 is 22.1 Å². The lowest BCUT2D eigenvalue weighted by atomic mass is 9.91. The van der Waals surface area contributed by atoms with Crippen molar-refractivity contribution in [2.45, 2.75) is 50.7 Å². The zero-order chi connectivity index (χ0) is 25.1. The topological polar surface area (TPSA) is 152 Å². The number of amides is 2. The summed E-state index contributed by atoms with van der Waals surface area (Å²) >= 11 is 0. The summed E-state index contributed by atoms with van der Waals surface area (Å²) in [5.41, 5.74) is 15.6. The molecular weight excluding hydrogens is 456 g/mol. The quantitative estimate of drug-likeness (QED) is 0.415. The van der Waals surface area contributed by atoms with Gasteiger partial charge in [0.05, 0.1) is 0 Å². The van der Waals surface area contributed by atoms with E-state index >= 15 is 0 Å². The third-order valence-electron chi connectivity index (χ3n) is 6.88. The van der Waals surface area contributed by atoms with Crippen molar-refractivity contribution in [3.8, 4) is 0 Å². The van der Waals surface area contributed by atoms with Gasteiger partial charge in [-0.1, -0.05) is 18.9 Å². The molecule has 2 atom stereocenters. The summed E-state index contributed by atoms with van der Waals surface area (Å²) in [4.78, 5) is 39.7. The minimum atomic E-state index is -0.620. The summed E-state index contributed by atoms with van der Waals surface area (Å²) in [6.07, 6.45) is 9.57. The maximum atomic E-state index is 12.9. The molecule has 1 saturated carbocycles. The fourth-order valence-corrected chi connectivity index (χ4v) is 4.85. The Bertz CT molecular complexity index is 1270. The summed E-state index contributed by atoms with van der Waals surface area (Å²) in [7, 11) is 0. The Morgan fingerprint density at radius 3 is 2.64 bits per heavy atom. The first kappa shape index (κ1) is 23.7. The molecule has 3 heterocycles. The van der Waals surface area contributed by atoms with Crippen LogP contribution in [0.15, 0.2) is 48.9 Å². The molecular formula is C26H30N8O2. The van der Waals surface area contributed by atoms with Crippen molar-refractivity contribution in [3.63, 3.8) is 0 Å². The standard InChI is InChI=1S/C26H30N8O2/c27-21-3-1-2-4-22(21)32-26-30-14-20(23(28)35)24(33-26)31-19-6-5-16-9-12-34(15-18(16)13-19)25(36)17-7-10-29-11-8-17/h5-8,10-11,13-14,21-22H,1-4,9,12,15,27H2,(H2,28,35)(H2,30,31,32,33)/t21-,22+/m0/s1. The summed E-state index contributed by atoms with van der Waals surface area (Å²) < 4.78 is 0. The first-order chi connectivity index (χ1) is 17.5. The number of nitrogens with two attached hydrogens (primary N) is 2. The van der Waals surface area contributed by atoms with Gasteiger partial charge in [-0.3, -0.25) is 14.6 Å². The molecule has 2 amide bonds. The van der Waals surface area contributed by atoms with Gasteiger partial charge in [0.25, 0.3) is 11.8 Å². The number of aromatic nitrogens is 3. The molecule has 1 fully saturated rings. The number of fused-ring (bicyclic) bond motifs is 1. The van der Waals surface area contributed by atoms with E-state index in [1.54, 1.807) is 24.5 Å². The zero-order valence-corrected chi connectivity index (χ0v) is 20.0. The molecule has 1 aliphatic heterocycles. The number of primary amides is 1. The third-order valence-corrected chi connectivity index (χ3v) is 6.88. The number of pyridine rings is 1. The average molecular weight is 487 g/mol. The molecule has 0 radical (unpaired) electrons. The number of hydrogen-bond acceptors (Lipinski definition) is 8. The molecule has 0 saturated heterocycles. The van der Waals surface area contributed by atoms with Crippen LogP contribution in [0.4, 0.5) is 17.5 Å². The monoisotopic (exact) mass is 486 g/mol. The number of anilines is 3. The van der Waals surface area contributed by atoms with E-state index in [2.05, 4.69) is 25.6 Å². The van der Waals surface area contributed by atoms with Gasteiger partial charge in [-0.05, 0) is 54.7 Å². The van der Waals surface area contributed by atoms with Crippen molar-refractivity contribution >= 4 is 29.3 Å². The van der Waals surface area contributed by atoms with Crippen LogP contribution in [0.25, 0.3) is 0 Å². The number of carbonyl (C=O) groups excluding carboxylic acids is 2. The van der Waals surface area contributed by atoms with Crippen LogP contribution in [0.2, 0.25) is 0 Å². The lowest BCUT2D eigenvalue weighted by Crippen LogP contribution is -2.43. The molecule has 10 nitrogen and oxygen atoms in total. The second kappa shape index (κ2) is 10.3. The van der Waals surface area contributed by atoms with Crippen LogP contribution in [-0.4, -0.2) is 50.3 Å². The average Bonchev–Trinajstić information content (AvgIpc) is 2.89. The molecule has 1 aromatic carbocycles. The highest BCUT2D eigenvalue weighted by Gasteiger charge is 2.24. The van der Waals surface area contributed by atoms with Gasteiger partial charge in [0.15, 0.2) is 0 Å². The molecule has 2 aliphatic rings. The minimum absolute atomic E-state index is 0.0233. The molecule has 186 valence electrons. The highest BCUT2D eigenvalue weighted by molar-refractivity contribution is 5.98. The van der Waals surface area contributed by atoms with Crippen LogP contribution in [0.5, 0.6) is 0 Å². The van der Waals surface area contributed by atoms with Gasteiger partial charge in [-0.2, -0.15) is 4.98 Å². The largest absolute Gasteiger partial charge is 0.365 e. The van der Waals surface area contributed by atoms with Crippen LogP contribution in [0, 0.1) is 0 Å². The SMILES string of the molecule is NC(=O)c1cnc(N[C@@H]2CCCC[C@@H]2N)nc1Nc1ccc2c(c1)CN(C(=O)c1ccncc1)CC2. The summed E-state index contributed by atoms with van der Waals surface area (Å²) in [6, 6.07) is 9.53. The molecule has 6 N–H and O–H groups in total. The Morgan fingerprint density at radius 1 is 1.06 bits per heavy atom. The molecule has 2 aromatic heterocycles. The summed E-state index contributed by atoms with van der Waals surface area (Å²) in [5.74, 6) is 0.0807. The number of nitrogens with zero attached hydrogens (tertiary/aromatic N) is 4. The van der Waals surface area contributed by atoms with Gasteiger partial charge in [0, 0.05) is 55.0 Å². The van der Waals surface area contributed by atoms with Gasteiger partial charge in [-0.15, -0.1) is 0 Å². The molecule has 0 unspecified atom stereocenters. The van der Waals surface area contributed by atoms with Crippen molar-refractivity contribution in [2.24, 2.45) is 11.5 Å². The fraction of sp³-hybridized carbons (Fsp3) is 0.346. The van der Waals surface area contributed by atoms with E-state index in [-0.39, 0.29) is 23.6 Å². The predicted octanol–water partition coefficient (Wildman–Crippen LogP) is 2.59. The van der Waals surface area contributed by atoms with Gasteiger partial charge in [0.1, 0.15) is 11.4 Å². The van der Waals surface area contributed by atoms with Crippen molar-refractivity contribution in [1.29, 1.82) is 0 Å². The van der Waals surface area contributed by atoms with E-state index in [0.29, 0.717) is 30.4 Å². The molecule has 10 heteroatoms. The zero-order valence-electron chi connectivity index (χ0n) is 20.0. The van der Waals surface area contributed by atoms with Gasteiger partial charge < -0.3 is 27.0 Å². The molecule has 5 rings (SSSR count). The molecule has 0 bridgehead atoms. The number of rotatable bonds is 6. The highest BCUT2D eigenvalue weighted by Crippen LogP contribution is 2.27. The Labute approximate surface area is 209 Å². The Balaban J connectivity index is 1.36. The molecule has 3 aromatic rings. The minimum Gasteiger partial charge on any atom is -0.365 e. The molecule has 1 aliphatic carbocycles. The number of nitrogens with one attached hydrogen (secondary N) is 2. The Kier molecular flexibility index (Phi) is 6.77. The first-order valence-corrected chi connectivity index (χ1v) is 12.2. The molecule has 0 spiro atoms. The van der Waals surface area contributed by atoms with Crippen molar-refractivity contribution in [2.75, 3.05) is 17.2 Å². The van der Waals surface area contributed by atoms with E-state index < -0.39 is 5.91 Å². The normalized spacial score (nSPS) is 19.3. The van der Waals surface area contributed by atoms with Crippen LogP contribution >= 0.6 is 0 Å². The number of hydrogen-bond donors (Lipinski definition) is 4. The van der Waals surface area contributed by atoms with Crippen LogP contribution in [0.3, 0.4) is 0 Å². The maximum absolute atomic E-state index is 12.9. The van der Waals surface area contributed by atoms with E-state index in [1.807, 2.05) is 23.1 Å².